The number of amides is 1. The molecule has 2 aromatic rings. The Labute approximate surface area is 117 Å². The zero-order valence-electron chi connectivity index (χ0n) is 11.0. The van der Waals surface area contributed by atoms with E-state index in [1.807, 2.05) is 30.3 Å². The Bertz CT molecular complexity index is 582. The zero-order chi connectivity index (χ0) is 14.4. The van der Waals surface area contributed by atoms with E-state index >= 15 is 0 Å². The fourth-order valence-corrected chi connectivity index (χ4v) is 1.93. The van der Waals surface area contributed by atoms with Crippen LogP contribution in [0, 0.1) is 0 Å². The molecule has 104 valence electrons. The van der Waals surface area contributed by atoms with Crippen molar-refractivity contribution < 1.29 is 15.0 Å². The molecule has 0 aliphatic rings. The highest BCUT2D eigenvalue weighted by Gasteiger charge is 2.07. The highest BCUT2D eigenvalue weighted by Crippen LogP contribution is 2.27. The maximum Gasteiger partial charge on any atom is 0.224 e. The van der Waals surface area contributed by atoms with Gasteiger partial charge < -0.3 is 15.5 Å². The summed E-state index contributed by atoms with van der Waals surface area (Å²) in [6.07, 6.45) is 1.93. The van der Waals surface area contributed by atoms with E-state index < -0.39 is 0 Å². The van der Waals surface area contributed by atoms with Crippen LogP contribution in [-0.2, 0) is 11.2 Å². The smallest absolute Gasteiger partial charge is 0.224 e. The Balaban J connectivity index is 1.82. The van der Waals surface area contributed by atoms with E-state index in [-0.39, 0.29) is 23.1 Å². The first-order valence-electron chi connectivity index (χ1n) is 6.51. The van der Waals surface area contributed by atoms with E-state index in [0.29, 0.717) is 6.42 Å². The number of carbonyl (C=O) groups is 1. The van der Waals surface area contributed by atoms with Crippen molar-refractivity contribution in [2.24, 2.45) is 0 Å². The van der Waals surface area contributed by atoms with Crippen molar-refractivity contribution in [1.82, 2.24) is 0 Å². The molecular weight excluding hydrogens is 254 g/mol. The SMILES string of the molecule is O=C(CCCc1ccccc1)Nc1cc(O)ccc1O. The predicted octanol–water partition coefficient (Wildman–Crippen LogP) is 3.06. The topological polar surface area (TPSA) is 69.6 Å². The fourth-order valence-electron chi connectivity index (χ4n) is 1.93. The van der Waals surface area contributed by atoms with E-state index in [2.05, 4.69) is 5.32 Å². The van der Waals surface area contributed by atoms with Crippen LogP contribution in [-0.4, -0.2) is 16.1 Å². The van der Waals surface area contributed by atoms with Gasteiger partial charge in [0.05, 0.1) is 5.69 Å². The first-order valence-corrected chi connectivity index (χ1v) is 6.51. The fraction of sp³-hybridized carbons (Fsp3) is 0.188. The number of anilines is 1. The van der Waals surface area contributed by atoms with Crippen LogP contribution in [0.4, 0.5) is 5.69 Å². The van der Waals surface area contributed by atoms with Crippen molar-refractivity contribution in [2.45, 2.75) is 19.3 Å². The van der Waals surface area contributed by atoms with Gasteiger partial charge in [0.25, 0.3) is 0 Å². The summed E-state index contributed by atoms with van der Waals surface area (Å²) in [4.78, 5) is 11.8. The molecular formula is C16H17NO3. The van der Waals surface area contributed by atoms with Crippen LogP contribution >= 0.6 is 0 Å². The minimum absolute atomic E-state index is 0.00221. The lowest BCUT2D eigenvalue weighted by atomic mass is 10.1. The molecule has 0 unspecified atom stereocenters. The van der Waals surface area contributed by atoms with Gasteiger partial charge in [-0.2, -0.15) is 0 Å². The maximum atomic E-state index is 11.8. The Kier molecular flexibility index (Phi) is 4.60. The minimum atomic E-state index is -0.179. The number of carbonyl (C=O) groups excluding carboxylic acids is 1. The van der Waals surface area contributed by atoms with Crippen molar-refractivity contribution in [2.75, 3.05) is 5.32 Å². The van der Waals surface area contributed by atoms with Crippen LogP contribution in [0.5, 0.6) is 11.5 Å². The lowest BCUT2D eigenvalue weighted by Gasteiger charge is -2.07. The van der Waals surface area contributed by atoms with Crippen LogP contribution in [0.3, 0.4) is 0 Å². The Hall–Kier alpha value is -2.49. The summed E-state index contributed by atoms with van der Waals surface area (Å²) in [5, 5.41) is 21.5. The van der Waals surface area contributed by atoms with E-state index in [1.54, 1.807) is 0 Å². The van der Waals surface area contributed by atoms with Crippen molar-refractivity contribution in [3.05, 3.63) is 54.1 Å². The van der Waals surface area contributed by atoms with Crippen LogP contribution in [0.15, 0.2) is 48.5 Å². The normalized spacial score (nSPS) is 10.2. The van der Waals surface area contributed by atoms with Gasteiger partial charge in [-0.05, 0) is 30.5 Å². The van der Waals surface area contributed by atoms with Gasteiger partial charge in [-0.15, -0.1) is 0 Å². The second-order valence-corrected chi connectivity index (χ2v) is 4.59. The standard InChI is InChI=1S/C16H17NO3/c18-13-9-10-15(19)14(11-13)17-16(20)8-4-7-12-5-2-1-3-6-12/h1-3,5-6,9-11,18-19H,4,7-8H2,(H,17,20). The molecule has 0 aliphatic heterocycles. The van der Waals surface area contributed by atoms with Crippen molar-refractivity contribution >= 4 is 11.6 Å². The van der Waals surface area contributed by atoms with Crippen LogP contribution < -0.4 is 5.32 Å². The Morgan fingerprint density at radius 2 is 1.80 bits per heavy atom. The third-order valence-electron chi connectivity index (χ3n) is 2.97. The van der Waals surface area contributed by atoms with E-state index in [0.717, 1.165) is 12.8 Å². The Morgan fingerprint density at radius 1 is 1.05 bits per heavy atom. The summed E-state index contributed by atoms with van der Waals surface area (Å²) in [5.74, 6) is -0.233. The summed E-state index contributed by atoms with van der Waals surface area (Å²) >= 11 is 0. The molecule has 0 fully saturated rings. The van der Waals surface area contributed by atoms with Crippen molar-refractivity contribution in [1.29, 1.82) is 0 Å². The third-order valence-corrected chi connectivity index (χ3v) is 2.97. The summed E-state index contributed by atoms with van der Waals surface area (Å²) in [6, 6.07) is 14.0. The monoisotopic (exact) mass is 271 g/mol. The molecule has 0 radical (unpaired) electrons. The molecule has 0 saturated heterocycles. The van der Waals surface area contributed by atoms with Gasteiger partial charge in [0.2, 0.25) is 5.91 Å². The number of hydrogen-bond acceptors (Lipinski definition) is 3. The second kappa shape index (κ2) is 6.61. The average Bonchev–Trinajstić information content (AvgIpc) is 2.44. The number of phenols is 2. The van der Waals surface area contributed by atoms with Gasteiger partial charge in [0, 0.05) is 12.5 Å². The number of aryl methyl sites for hydroxylation is 1. The van der Waals surface area contributed by atoms with Crippen molar-refractivity contribution in [3.63, 3.8) is 0 Å². The molecule has 4 nitrogen and oxygen atoms in total. The van der Waals surface area contributed by atoms with Gasteiger partial charge in [0.15, 0.2) is 0 Å². The number of hydrogen-bond donors (Lipinski definition) is 3. The highest BCUT2D eigenvalue weighted by molar-refractivity contribution is 5.92. The van der Waals surface area contributed by atoms with Crippen LogP contribution in [0.25, 0.3) is 0 Å². The number of benzene rings is 2. The molecule has 0 aliphatic carbocycles. The van der Waals surface area contributed by atoms with E-state index in [9.17, 15) is 15.0 Å². The summed E-state index contributed by atoms with van der Waals surface area (Å²) in [6.45, 7) is 0. The van der Waals surface area contributed by atoms with Crippen LogP contribution in [0.2, 0.25) is 0 Å². The number of nitrogens with one attached hydrogen (secondary N) is 1. The van der Waals surface area contributed by atoms with Gasteiger partial charge in [-0.1, -0.05) is 30.3 Å². The molecule has 0 bridgehead atoms. The number of phenolic OH excluding ortho intramolecular Hbond substituents is 2. The molecule has 4 heteroatoms. The molecule has 1 amide bonds. The van der Waals surface area contributed by atoms with Gasteiger partial charge in [0.1, 0.15) is 11.5 Å². The summed E-state index contributed by atoms with van der Waals surface area (Å²) in [7, 11) is 0. The van der Waals surface area contributed by atoms with Gasteiger partial charge in [-0.3, -0.25) is 4.79 Å². The molecule has 2 rings (SSSR count). The largest absolute Gasteiger partial charge is 0.508 e. The number of aromatic hydroxyl groups is 2. The second-order valence-electron chi connectivity index (χ2n) is 4.59. The molecule has 0 atom stereocenters. The molecule has 0 heterocycles. The third kappa shape index (κ3) is 4.02. The maximum absolute atomic E-state index is 11.8. The molecule has 2 aromatic carbocycles. The summed E-state index contributed by atoms with van der Waals surface area (Å²) < 4.78 is 0. The summed E-state index contributed by atoms with van der Waals surface area (Å²) in [5.41, 5.74) is 1.43. The molecule has 20 heavy (non-hydrogen) atoms. The minimum Gasteiger partial charge on any atom is -0.508 e. The molecule has 0 aromatic heterocycles. The first-order chi connectivity index (χ1) is 9.65. The van der Waals surface area contributed by atoms with Crippen molar-refractivity contribution in [3.8, 4) is 11.5 Å². The lowest BCUT2D eigenvalue weighted by molar-refractivity contribution is -0.116. The van der Waals surface area contributed by atoms with E-state index in [1.165, 1.54) is 23.8 Å². The van der Waals surface area contributed by atoms with Gasteiger partial charge >= 0.3 is 0 Å². The first kappa shape index (κ1) is 13.9. The van der Waals surface area contributed by atoms with E-state index in [4.69, 9.17) is 0 Å². The average molecular weight is 271 g/mol. The van der Waals surface area contributed by atoms with Gasteiger partial charge in [-0.25, -0.2) is 0 Å². The predicted molar refractivity (Wildman–Crippen MR) is 77.8 cm³/mol. The Morgan fingerprint density at radius 3 is 2.55 bits per heavy atom. The molecule has 0 spiro atoms. The number of rotatable bonds is 5. The quantitative estimate of drug-likeness (QED) is 0.578. The van der Waals surface area contributed by atoms with Crippen LogP contribution in [0.1, 0.15) is 18.4 Å². The zero-order valence-corrected chi connectivity index (χ0v) is 11.0. The molecule has 0 saturated carbocycles. The molecule has 3 N–H and O–H groups in total. The lowest BCUT2D eigenvalue weighted by Crippen LogP contribution is -2.11. The highest BCUT2D eigenvalue weighted by atomic mass is 16.3.